The fraction of sp³-hybridized carbons (Fsp3) is 0.571. The highest BCUT2D eigenvalue weighted by Gasteiger charge is 2.12. The van der Waals surface area contributed by atoms with Gasteiger partial charge in [-0.3, -0.25) is 0 Å². The second kappa shape index (κ2) is 9.28. The molecule has 0 aromatic heterocycles. The zero-order valence-corrected chi connectivity index (χ0v) is 12.5. The summed E-state index contributed by atoms with van der Waals surface area (Å²) in [6, 6.07) is 3.72. The Labute approximate surface area is 119 Å². The maximum Gasteiger partial charge on any atom is 0.203 e. The third kappa shape index (κ3) is 4.79. The molecule has 1 aromatic carbocycles. The Morgan fingerprint density at radius 2 is 1.50 bits per heavy atom. The monoisotopic (exact) mass is 285 g/mol. The van der Waals surface area contributed by atoms with Crippen molar-refractivity contribution < 1.29 is 23.7 Å². The Kier molecular flexibility index (Phi) is 7.60. The minimum atomic E-state index is 0.580. The summed E-state index contributed by atoms with van der Waals surface area (Å²) in [5.74, 6) is 1.82. The third-order valence-corrected chi connectivity index (χ3v) is 2.67. The minimum absolute atomic E-state index is 0.580. The van der Waals surface area contributed by atoms with E-state index in [2.05, 4.69) is 5.32 Å². The Morgan fingerprint density at radius 3 is 2.00 bits per heavy atom. The summed E-state index contributed by atoms with van der Waals surface area (Å²) in [4.78, 5) is 0. The number of hydrogen-bond acceptors (Lipinski definition) is 6. The van der Waals surface area contributed by atoms with E-state index in [1.807, 2.05) is 12.1 Å². The smallest absolute Gasteiger partial charge is 0.203 e. The molecule has 1 N–H and O–H groups in total. The SMILES string of the molecule is COCCOCCNc1cc(OC)c(OC)c(OC)c1. The van der Waals surface area contributed by atoms with Gasteiger partial charge in [0.05, 0.1) is 41.2 Å². The van der Waals surface area contributed by atoms with Crippen LogP contribution in [0.2, 0.25) is 0 Å². The van der Waals surface area contributed by atoms with Gasteiger partial charge in [-0.1, -0.05) is 0 Å². The van der Waals surface area contributed by atoms with Crippen molar-refractivity contribution in [3.8, 4) is 17.2 Å². The molecular formula is C14H23NO5. The number of methoxy groups -OCH3 is 4. The summed E-state index contributed by atoms with van der Waals surface area (Å²) in [6.07, 6.45) is 0. The lowest BCUT2D eigenvalue weighted by Gasteiger charge is -2.15. The van der Waals surface area contributed by atoms with Crippen LogP contribution in [0.5, 0.6) is 17.2 Å². The molecule has 0 aliphatic rings. The van der Waals surface area contributed by atoms with Gasteiger partial charge in [0.15, 0.2) is 11.5 Å². The molecule has 1 rings (SSSR count). The van der Waals surface area contributed by atoms with Crippen molar-refractivity contribution >= 4 is 5.69 Å². The standard InChI is InChI=1S/C14H23NO5/c1-16-7-8-20-6-5-15-11-9-12(17-2)14(19-4)13(10-11)18-3/h9-10,15H,5-8H2,1-4H3. The molecule has 114 valence electrons. The van der Waals surface area contributed by atoms with Crippen molar-refractivity contribution in [3.63, 3.8) is 0 Å². The van der Waals surface area contributed by atoms with E-state index in [9.17, 15) is 0 Å². The first kappa shape index (κ1) is 16.4. The molecule has 0 atom stereocenters. The molecule has 0 saturated heterocycles. The Bertz CT molecular complexity index is 372. The lowest BCUT2D eigenvalue weighted by molar-refractivity contribution is 0.0759. The first-order valence-corrected chi connectivity index (χ1v) is 6.37. The zero-order chi connectivity index (χ0) is 14.8. The molecule has 0 fully saturated rings. The zero-order valence-electron chi connectivity index (χ0n) is 12.5. The first-order chi connectivity index (χ1) is 9.76. The topological polar surface area (TPSA) is 58.2 Å². The van der Waals surface area contributed by atoms with E-state index in [1.165, 1.54) is 0 Å². The molecular weight excluding hydrogens is 262 g/mol. The minimum Gasteiger partial charge on any atom is -0.493 e. The Hall–Kier alpha value is -1.66. The fourth-order valence-electron chi connectivity index (χ4n) is 1.70. The van der Waals surface area contributed by atoms with Crippen LogP contribution in [0.15, 0.2) is 12.1 Å². The molecule has 0 amide bonds. The van der Waals surface area contributed by atoms with E-state index in [1.54, 1.807) is 28.4 Å². The highest BCUT2D eigenvalue weighted by molar-refractivity contribution is 5.62. The summed E-state index contributed by atoms with van der Waals surface area (Å²) >= 11 is 0. The van der Waals surface area contributed by atoms with Crippen LogP contribution in [0.1, 0.15) is 0 Å². The molecule has 6 heteroatoms. The highest BCUT2D eigenvalue weighted by Crippen LogP contribution is 2.39. The van der Waals surface area contributed by atoms with Crippen LogP contribution in [0.25, 0.3) is 0 Å². The Morgan fingerprint density at radius 1 is 0.850 bits per heavy atom. The van der Waals surface area contributed by atoms with Gasteiger partial charge in [0.1, 0.15) is 0 Å². The van der Waals surface area contributed by atoms with Gasteiger partial charge < -0.3 is 29.0 Å². The molecule has 0 heterocycles. The molecule has 0 aliphatic heterocycles. The van der Waals surface area contributed by atoms with Crippen molar-refractivity contribution in [2.45, 2.75) is 0 Å². The maximum absolute atomic E-state index is 5.38. The molecule has 20 heavy (non-hydrogen) atoms. The summed E-state index contributed by atoms with van der Waals surface area (Å²) in [5.41, 5.74) is 0.884. The summed E-state index contributed by atoms with van der Waals surface area (Å²) in [7, 11) is 6.42. The van der Waals surface area contributed by atoms with E-state index < -0.39 is 0 Å². The van der Waals surface area contributed by atoms with Gasteiger partial charge in [0, 0.05) is 31.5 Å². The van der Waals surface area contributed by atoms with Crippen LogP contribution >= 0.6 is 0 Å². The van der Waals surface area contributed by atoms with Crippen molar-refractivity contribution in [2.24, 2.45) is 0 Å². The average molecular weight is 285 g/mol. The Balaban J connectivity index is 2.57. The van der Waals surface area contributed by atoms with Gasteiger partial charge in [-0.05, 0) is 0 Å². The molecule has 0 saturated carbocycles. The lowest BCUT2D eigenvalue weighted by Crippen LogP contribution is -2.12. The number of rotatable bonds is 10. The van der Waals surface area contributed by atoms with Gasteiger partial charge in [-0.25, -0.2) is 0 Å². The van der Waals surface area contributed by atoms with Crippen molar-refractivity contribution in [1.82, 2.24) is 0 Å². The van der Waals surface area contributed by atoms with Crippen LogP contribution in [-0.2, 0) is 9.47 Å². The van der Waals surface area contributed by atoms with Crippen LogP contribution in [-0.4, -0.2) is 54.8 Å². The second-order valence-corrected chi connectivity index (χ2v) is 3.95. The van der Waals surface area contributed by atoms with E-state index in [0.717, 1.165) is 5.69 Å². The van der Waals surface area contributed by atoms with E-state index in [-0.39, 0.29) is 0 Å². The summed E-state index contributed by atoms with van der Waals surface area (Å²) < 4.78 is 26.1. The number of nitrogens with one attached hydrogen (secondary N) is 1. The normalized spacial score (nSPS) is 10.2. The van der Waals surface area contributed by atoms with Gasteiger partial charge >= 0.3 is 0 Å². The van der Waals surface area contributed by atoms with Gasteiger partial charge in [0.2, 0.25) is 5.75 Å². The van der Waals surface area contributed by atoms with E-state index in [4.69, 9.17) is 23.7 Å². The fourth-order valence-corrected chi connectivity index (χ4v) is 1.70. The van der Waals surface area contributed by atoms with Crippen LogP contribution in [0.4, 0.5) is 5.69 Å². The van der Waals surface area contributed by atoms with E-state index >= 15 is 0 Å². The van der Waals surface area contributed by atoms with Gasteiger partial charge in [-0.15, -0.1) is 0 Å². The van der Waals surface area contributed by atoms with Gasteiger partial charge in [-0.2, -0.15) is 0 Å². The summed E-state index contributed by atoms with van der Waals surface area (Å²) in [6.45, 7) is 2.47. The number of ether oxygens (including phenoxy) is 5. The first-order valence-electron chi connectivity index (χ1n) is 6.37. The number of anilines is 1. The largest absolute Gasteiger partial charge is 0.493 e. The van der Waals surface area contributed by atoms with Crippen LogP contribution in [0, 0.1) is 0 Å². The van der Waals surface area contributed by atoms with Crippen molar-refractivity contribution in [3.05, 3.63) is 12.1 Å². The highest BCUT2D eigenvalue weighted by atomic mass is 16.5. The number of hydrogen-bond donors (Lipinski definition) is 1. The third-order valence-electron chi connectivity index (χ3n) is 2.67. The van der Waals surface area contributed by atoms with Crippen LogP contribution in [0.3, 0.4) is 0 Å². The number of benzene rings is 1. The predicted molar refractivity (Wildman–Crippen MR) is 77.3 cm³/mol. The molecule has 0 unspecified atom stereocenters. The molecule has 1 aromatic rings. The molecule has 0 bridgehead atoms. The molecule has 0 radical (unpaired) electrons. The average Bonchev–Trinajstić information content (AvgIpc) is 2.49. The predicted octanol–water partition coefficient (Wildman–Crippen LogP) is 1.79. The quantitative estimate of drug-likeness (QED) is 0.661. The summed E-state index contributed by atoms with van der Waals surface area (Å²) in [5, 5.41) is 3.24. The van der Waals surface area contributed by atoms with E-state index in [0.29, 0.717) is 43.6 Å². The second-order valence-electron chi connectivity index (χ2n) is 3.95. The molecule has 6 nitrogen and oxygen atoms in total. The molecule has 0 spiro atoms. The maximum atomic E-state index is 5.38. The van der Waals surface area contributed by atoms with Crippen molar-refractivity contribution in [1.29, 1.82) is 0 Å². The van der Waals surface area contributed by atoms with Crippen LogP contribution < -0.4 is 19.5 Å². The molecule has 0 aliphatic carbocycles. The van der Waals surface area contributed by atoms with Crippen molar-refractivity contribution in [2.75, 3.05) is 60.1 Å². The lowest BCUT2D eigenvalue weighted by atomic mass is 10.2. The van der Waals surface area contributed by atoms with Gasteiger partial charge in [0.25, 0.3) is 0 Å².